The highest BCUT2D eigenvalue weighted by Crippen LogP contribution is 2.28. The highest BCUT2D eigenvalue weighted by atomic mass is 15.1. The summed E-state index contributed by atoms with van der Waals surface area (Å²) in [5, 5.41) is 3.56. The zero-order valence-electron chi connectivity index (χ0n) is 14.0. The molecule has 19 heavy (non-hydrogen) atoms. The van der Waals surface area contributed by atoms with E-state index in [2.05, 4.69) is 44.8 Å². The molecule has 0 aromatic heterocycles. The fourth-order valence-electron chi connectivity index (χ4n) is 3.01. The third-order valence-corrected chi connectivity index (χ3v) is 4.04. The Morgan fingerprint density at radius 3 is 2.37 bits per heavy atom. The van der Waals surface area contributed by atoms with Crippen LogP contribution in [0, 0.1) is 5.41 Å². The van der Waals surface area contributed by atoms with Crippen molar-refractivity contribution < 1.29 is 0 Å². The van der Waals surface area contributed by atoms with Crippen LogP contribution in [0.15, 0.2) is 0 Å². The number of rotatable bonds is 7. The van der Waals surface area contributed by atoms with Gasteiger partial charge in [0.2, 0.25) is 0 Å². The van der Waals surface area contributed by atoms with Gasteiger partial charge in [-0.1, -0.05) is 26.7 Å². The van der Waals surface area contributed by atoms with Gasteiger partial charge in [0.05, 0.1) is 0 Å². The molecule has 0 aliphatic carbocycles. The minimum Gasteiger partial charge on any atom is -0.312 e. The van der Waals surface area contributed by atoms with E-state index >= 15 is 0 Å². The van der Waals surface area contributed by atoms with Crippen LogP contribution in [0.1, 0.15) is 73.1 Å². The van der Waals surface area contributed by atoms with Crippen LogP contribution in [0.25, 0.3) is 0 Å². The lowest BCUT2D eigenvalue weighted by atomic mass is 9.84. The summed E-state index contributed by atoms with van der Waals surface area (Å²) in [5.41, 5.74) is 0.828. The van der Waals surface area contributed by atoms with E-state index in [4.69, 9.17) is 0 Å². The summed E-state index contributed by atoms with van der Waals surface area (Å²) in [6.07, 6.45) is 8.27. The van der Waals surface area contributed by atoms with Crippen LogP contribution in [0.5, 0.6) is 0 Å². The van der Waals surface area contributed by atoms with E-state index in [0.717, 1.165) is 0 Å². The lowest BCUT2D eigenvalue weighted by molar-refractivity contribution is 0.116. The molecule has 0 aromatic carbocycles. The predicted octanol–water partition coefficient (Wildman–Crippen LogP) is 4.06. The van der Waals surface area contributed by atoms with Crippen molar-refractivity contribution >= 4 is 0 Å². The molecule has 0 amide bonds. The van der Waals surface area contributed by atoms with Gasteiger partial charge in [-0.3, -0.25) is 0 Å². The molecule has 2 nitrogen and oxygen atoms in total. The van der Waals surface area contributed by atoms with E-state index < -0.39 is 0 Å². The van der Waals surface area contributed by atoms with Crippen LogP contribution in [0.2, 0.25) is 0 Å². The maximum atomic E-state index is 3.56. The van der Waals surface area contributed by atoms with E-state index in [9.17, 15) is 0 Å². The summed E-state index contributed by atoms with van der Waals surface area (Å²) in [6, 6.07) is 0. The van der Waals surface area contributed by atoms with Crippen LogP contribution in [-0.2, 0) is 0 Å². The SMILES string of the molecule is CC1(C)CCCN(CCCCCCNC(C)(C)C)C1. The molecule has 0 radical (unpaired) electrons. The second-order valence-electron chi connectivity index (χ2n) is 8.13. The monoisotopic (exact) mass is 268 g/mol. The van der Waals surface area contributed by atoms with Crippen LogP contribution in [0.3, 0.4) is 0 Å². The van der Waals surface area contributed by atoms with Gasteiger partial charge < -0.3 is 10.2 Å². The number of nitrogens with one attached hydrogen (secondary N) is 1. The fourth-order valence-corrected chi connectivity index (χ4v) is 3.01. The number of unbranched alkanes of at least 4 members (excludes halogenated alkanes) is 3. The molecule has 0 unspecified atom stereocenters. The van der Waals surface area contributed by atoms with Gasteiger partial charge in [0.15, 0.2) is 0 Å². The van der Waals surface area contributed by atoms with E-state index in [-0.39, 0.29) is 5.54 Å². The summed E-state index contributed by atoms with van der Waals surface area (Å²) in [7, 11) is 0. The average Bonchev–Trinajstić information content (AvgIpc) is 2.25. The Bertz CT molecular complexity index is 240. The Labute approximate surface area is 121 Å². The molecule has 1 saturated heterocycles. The number of nitrogens with zero attached hydrogens (tertiary/aromatic N) is 1. The lowest BCUT2D eigenvalue weighted by Crippen LogP contribution is -2.40. The highest BCUT2D eigenvalue weighted by Gasteiger charge is 2.25. The van der Waals surface area contributed by atoms with E-state index in [0.29, 0.717) is 5.41 Å². The third kappa shape index (κ3) is 8.65. The van der Waals surface area contributed by atoms with Crippen molar-refractivity contribution in [2.75, 3.05) is 26.2 Å². The lowest BCUT2D eigenvalue weighted by Gasteiger charge is -2.38. The summed E-state index contributed by atoms with van der Waals surface area (Å²) in [5.74, 6) is 0. The van der Waals surface area contributed by atoms with Gasteiger partial charge in [-0.15, -0.1) is 0 Å². The first-order valence-electron chi connectivity index (χ1n) is 8.26. The molecule has 1 aliphatic heterocycles. The van der Waals surface area contributed by atoms with Crippen molar-refractivity contribution in [3.8, 4) is 0 Å². The normalized spacial score (nSPS) is 20.7. The Balaban J connectivity index is 1.96. The first-order valence-corrected chi connectivity index (χ1v) is 8.26. The molecule has 1 aliphatic rings. The first-order chi connectivity index (χ1) is 8.79. The minimum absolute atomic E-state index is 0.277. The van der Waals surface area contributed by atoms with Crippen molar-refractivity contribution in [1.29, 1.82) is 0 Å². The average molecular weight is 268 g/mol. The van der Waals surface area contributed by atoms with E-state index in [1.54, 1.807) is 0 Å². The molecule has 1 rings (SSSR count). The van der Waals surface area contributed by atoms with Crippen LogP contribution in [-0.4, -0.2) is 36.6 Å². The molecule has 0 saturated carbocycles. The second kappa shape index (κ2) is 7.64. The molecule has 114 valence electrons. The topological polar surface area (TPSA) is 15.3 Å². The van der Waals surface area contributed by atoms with Crippen LogP contribution in [0.4, 0.5) is 0 Å². The number of piperidine rings is 1. The van der Waals surface area contributed by atoms with Crippen molar-refractivity contribution in [3.05, 3.63) is 0 Å². The maximum Gasteiger partial charge on any atom is 0.00965 e. The van der Waals surface area contributed by atoms with Gasteiger partial charge in [0, 0.05) is 12.1 Å². The molecule has 0 bridgehead atoms. The van der Waals surface area contributed by atoms with E-state index in [1.165, 1.54) is 64.7 Å². The van der Waals surface area contributed by atoms with E-state index in [1.807, 2.05) is 0 Å². The fraction of sp³-hybridized carbons (Fsp3) is 1.00. The van der Waals surface area contributed by atoms with Gasteiger partial charge in [-0.25, -0.2) is 0 Å². The maximum absolute atomic E-state index is 3.56. The Hall–Kier alpha value is -0.0800. The van der Waals surface area contributed by atoms with Gasteiger partial charge >= 0.3 is 0 Å². The zero-order valence-corrected chi connectivity index (χ0v) is 14.0. The van der Waals surface area contributed by atoms with Crippen LogP contribution < -0.4 is 5.32 Å². The van der Waals surface area contributed by atoms with Gasteiger partial charge in [0.1, 0.15) is 0 Å². The molecule has 0 atom stereocenters. The number of hydrogen-bond donors (Lipinski definition) is 1. The zero-order chi connectivity index (χ0) is 14.4. The Morgan fingerprint density at radius 2 is 1.74 bits per heavy atom. The van der Waals surface area contributed by atoms with Crippen molar-refractivity contribution in [2.24, 2.45) is 5.41 Å². The molecule has 1 fully saturated rings. The molecule has 0 spiro atoms. The second-order valence-corrected chi connectivity index (χ2v) is 8.13. The molecule has 2 heteroatoms. The van der Waals surface area contributed by atoms with Gasteiger partial charge in [-0.2, -0.15) is 0 Å². The Kier molecular flexibility index (Phi) is 6.82. The molecule has 1 N–H and O–H groups in total. The number of hydrogen-bond acceptors (Lipinski definition) is 2. The van der Waals surface area contributed by atoms with Gasteiger partial charge in [-0.05, 0) is 71.5 Å². The summed E-state index contributed by atoms with van der Waals surface area (Å²) < 4.78 is 0. The molecular weight excluding hydrogens is 232 g/mol. The van der Waals surface area contributed by atoms with Crippen molar-refractivity contribution in [3.63, 3.8) is 0 Å². The molecular formula is C17H36N2. The first kappa shape index (κ1) is 17.0. The summed E-state index contributed by atoms with van der Waals surface area (Å²) >= 11 is 0. The third-order valence-electron chi connectivity index (χ3n) is 4.04. The highest BCUT2D eigenvalue weighted by molar-refractivity contribution is 4.79. The quantitative estimate of drug-likeness (QED) is 0.701. The standard InChI is InChI=1S/C17H36N2/c1-16(2,3)18-12-8-6-7-9-13-19-14-10-11-17(4,5)15-19/h18H,6-15H2,1-5H3. The van der Waals surface area contributed by atoms with Crippen molar-refractivity contribution in [1.82, 2.24) is 10.2 Å². The predicted molar refractivity (Wildman–Crippen MR) is 85.7 cm³/mol. The smallest absolute Gasteiger partial charge is 0.00965 e. The summed E-state index contributed by atoms with van der Waals surface area (Å²) in [4.78, 5) is 2.68. The largest absolute Gasteiger partial charge is 0.312 e. The van der Waals surface area contributed by atoms with Crippen molar-refractivity contribution in [2.45, 2.75) is 78.7 Å². The summed E-state index contributed by atoms with van der Waals surface area (Å²) in [6.45, 7) is 16.7. The Morgan fingerprint density at radius 1 is 1.05 bits per heavy atom. The molecule has 0 aromatic rings. The molecule has 1 heterocycles. The van der Waals surface area contributed by atoms with Gasteiger partial charge in [0.25, 0.3) is 0 Å². The minimum atomic E-state index is 0.277. The number of likely N-dealkylation sites (tertiary alicyclic amines) is 1. The van der Waals surface area contributed by atoms with Crippen LogP contribution >= 0.6 is 0 Å².